The summed E-state index contributed by atoms with van der Waals surface area (Å²) in [5, 5.41) is 0. The molecule has 2 saturated heterocycles. The molecule has 0 aliphatic carbocycles. The van der Waals surface area contributed by atoms with E-state index in [0.717, 1.165) is 6.61 Å². The summed E-state index contributed by atoms with van der Waals surface area (Å²) in [5.74, 6) is 0.698. The van der Waals surface area contributed by atoms with Gasteiger partial charge >= 0.3 is 0 Å². The number of methoxy groups -OCH3 is 1. The summed E-state index contributed by atoms with van der Waals surface area (Å²) in [6.07, 6.45) is 4.89. The van der Waals surface area contributed by atoms with Crippen LogP contribution in [-0.4, -0.2) is 25.9 Å². The minimum absolute atomic E-state index is 0.532. The number of hydrogen-bond acceptors (Lipinski definition) is 2. The molecule has 0 amide bonds. The highest BCUT2D eigenvalue weighted by Gasteiger charge is 2.40. The van der Waals surface area contributed by atoms with Crippen LogP contribution in [0.25, 0.3) is 0 Å². The van der Waals surface area contributed by atoms with Crippen molar-refractivity contribution in [1.29, 1.82) is 0 Å². The van der Waals surface area contributed by atoms with Crippen LogP contribution in [0.3, 0.4) is 0 Å². The van der Waals surface area contributed by atoms with Gasteiger partial charge in [-0.15, -0.1) is 0 Å². The Hall–Kier alpha value is -0.0800. The van der Waals surface area contributed by atoms with Gasteiger partial charge in [0.15, 0.2) is 0 Å². The first-order valence-electron chi connectivity index (χ1n) is 4.04. The zero-order chi connectivity index (χ0) is 6.97. The molecule has 0 aromatic rings. The molecule has 2 nitrogen and oxygen atoms in total. The highest BCUT2D eigenvalue weighted by atomic mass is 16.5. The first-order chi connectivity index (χ1) is 4.90. The van der Waals surface area contributed by atoms with E-state index in [1.165, 1.54) is 19.3 Å². The Kier molecular flexibility index (Phi) is 1.66. The lowest BCUT2D eigenvalue weighted by Gasteiger charge is -2.16. The Bertz CT molecular complexity index is 124. The lowest BCUT2D eigenvalue weighted by Crippen LogP contribution is -2.20. The van der Waals surface area contributed by atoms with E-state index < -0.39 is 0 Å². The fourth-order valence-corrected chi connectivity index (χ4v) is 2.13. The highest BCUT2D eigenvalue weighted by molar-refractivity contribution is 4.88. The normalized spacial score (nSPS) is 44.7. The number of fused-ring (bicyclic) bond motifs is 2. The molecular weight excluding hydrogens is 128 g/mol. The highest BCUT2D eigenvalue weighted by Crippen LogP contribution is 2.38. The first-order valence-corrected chi connectivity index (χ1v) is 4.04. The van der Waals surface area contributed by atoms with Crippen LogP contribution in [0.15, 0.2) is 0 Å². The van der Waals surface area contributed by atoms with Crippen molar-refractivity contribution >= 4 is 0 Å². The molecule has 0 aromatic heterocycles. The third-order valence-electron chi connectivity index (χ3n) is 2.61. The van der Waals surface area contributed by atoms with Crippen molar-refractivity contribution in [1.82, 2.24) is 0 Å². The Balaban J connectivity index is 1.90. The Morgan fingerprint density at radius 1 is 1.50 bits per heavy atom. The molecule has 2 bridgehead atoms. The smallest absolute Gasteiger partial charge is 0.0630 e. The monoisotopic (exact) mass is 142 g/mol. The molecule has 3 atom stereocenters. The molecule has 0 saturated carbocycles. The SMILES string of the molecule is COCC1CC2CCC1O2. The van der Waals surface area contributed by atoms with Crippen LogP contribution in [0.5, 0.6) is 0 Å². The van der Waals surface area contributed by atoms with E-state index in [1.54, 1.807) is 7.11 Å². The van der Waals surface area contributed by atoms with Gasteiger partial charge in [0.2, 0.25) is 0 Å². The quantitative estimate of drug-likeness (QED) is 0.576. The van der Waals surface area contributed by atoms with Crippen LogP contribution in [0.1, 0.15) is 19.3 Å². The van der Waals surface area contributed by atoms with Crippen molar-refractivity contribution in [2.24, 2.45) is 5.92 Å². The number of rotatable bonds is 2. The predicted octanol–water partition coefficient (Wildman–Crippen LogP) is 1.20. The molecule has 3 unspecified atom stereocenters. The van der Waals surface area contributed by atoms with E-state index in [1.807, 2.05) is 0 Å². The van der Waals surface area contributed by atoms with Crippen LogP contribution < -0.4 is 0 Å². The minimum atomic E-state index is 0.532. The fourth-order valence-electron chi connectivity index (χ4n) is 2.13. The molecule has 0 spiro atoms. The molecule has 0 radical (unpaired) electrons. The van der Waals surface area contributed by atoms with Crippen LogP contribution in [0.2, 0.25) is 0 Å². The molecule has 2 aliphatic heterocycles. The number of ether oxygens (including phenoxy) is 2. The van der Waals surface area contributed by atoms with E-state index in [2.05, 4.69) is 0 Å². The van der Waals surface area contributed by atoms with E-state index in [4.69, 9.17) is 9.47 Å². The summed E-state index contributed by atoms with van der Waals surface area (Å²) in [6, 6.07) is 0. The lowest BCUT2D eigenvalue weighted by molar-refractivity contribution is 0.0684. The first kappa shape index (κ1) is 6.62. The maximum atomic E-state index is 5.66. The standard InChI is InChI=1S/C8H14O2/c1-9-5-6-4-7-2-3-8(6)10-7/h6-8H,2-5H2,1H3. The molecule has 2 aliphatic rings. The second kappa shape index (κ2) is 2.51. The molecule has 2 fully saturated rings. The molecule has 2 heterocycles. The van der Waals surface area contributed by atoms with Crippen molar-refractivity contribution in [3.8, 4) is 0 Å². The topological polar surface area (TPSA) is 18.5 Å². The Morgan fingerprint density at radius 2 is 2.40 bits per heavy atom. The van der Waals surface area contributed by atoms with E-state index in [9.17, 15) is 0 Å². The second-order valence-electron chi connectivity index (χ2n) is 3.33. The average molecular weight is 142 g/mol. The molecule has 2 heteroatoms. The molecule has 2 rings (SSSR count). The van der Waals surface area contributed by atoms with Crippen LogP contribution in [0.4, 0.5) is 0 Å². The van der Waals surface area contributed by atoms with Gasteiger partial charge in [-0.25, -0.2) is 0 Å². The van der Waals surface area contributed by atoms with E-state index in [-0.39, 0.29) is 0 Å². The maximum absolute atomic E-state index is 5.66. The summed E-state index contributed by atoms with van der Waals surface area (Å²) < 4.78 is 10.8. The van der Waals surface area contributed by atoms with Crippen molar-refractivity contribution in [2.75, 3.05) is 13.7 Å². The largest absolute Gasteiger partial charge is 0.384 e. The molecule has 58 valence electrons. The van der Waals surface area contributed by atoms with Gasteiger partial charge < -0.3 is 9.47 Å². The van der Waals surface area contributed by atoms with Gasteiger partial charge in [0, 0.05) is 13.0 Å². The van der Waals surface area contributed by atoms with Gasteiger partial charge in [-0.1, -0.05) is 0 Å². The van der Waals surface area contributed by atoms with Gasteiger partial charge in [-0.3, -0.25) is 0 Å². The van der Waals surface area contributed by atoms with E-state index >= 15 is 0 Å². The molecule has 0 aromatic carbocycles. The zero-order valence-corrected chi connectivity index (χ0v) is 6.38. The second-order valence-corrected chi connectivity index (χ2v) is 3.33. The third kappa shape index (κ3) is 0.956. The van der Waals surface area contributed by atoms with Gasteiger partial charge in [-0.05, 0) is 19.3 Å². The fraction of sp³-hybridized carbons (Fsp3) is 1.00. The molecular formula is C8H14O2. The third-order valence-corrected chi connectivity index (χ3v) is 2.61. The Morgan fingerprint density at radius 3 is 2.90 bits per heavy atom. The number of hydrogen-bond donors (Lipinski definition) is 0. The maximum Gasteiger partial charge on any atom is 0.0630 e. The van der Waals surface area contributed by atoms with Crippen molar-refractivity contribution in [2.45, 2.75) is 31.5 Å². The minimum Gasteiger partial charge on any atom is -0.384 e. The van der Waals surface area contributed by atoms with Crippen molar-refractivity contribution in [3.63, 3.8) is 0 Å². The molecule has 10 heavy (non-hydrogen) atoms. The average Bonchev–Trinajstić information content (AvgIpc) is 2.48. The van der Waals surface area contributed by atoms with Crippen molar-refractivity contribution < 1.29 is 9.47 Å². The summed E-state index contributed by atoms with van der Waals surface area (Å²) in [6.45, 7) is 0.890. The predicted molar refractivity (Wildman–Crippen MR) is 37.9 cm³/mol. The summed E-state index contributed by atoms with van der Waals surface area (Å²) in [7, 11) is 1.77. The molecule has 0 N–H and O–H groups in total. The van der Waals surface area contributed by atoms with Crippen molar-refractivity contribution in [3.05, 3.63) is 0 Å². The van der Waals surface area contributed by atoms with Crippen LogP contribution in [0, 0.1) is 5.92 Å². The summed E-state index contributed by atoms with van der Waals surface area (Å²) in [4.78, 5) is 0. The lowest BCUT2D eigenvalue weighted by atomic mass is 9.90. The zero-order valence-electron chi connectivity index (χ0n) is 6.38. The Labute approximate surface area is 61.5 Å². The van der Waals surface area contributed by atoms with Crippen LogP contribution >= 0.6 is 0 Å². The van der Waals surface area contributed by atoms with Crippen LogP contribution in [-0.2, 0) is 9.47 Å². The van der Waals surface area contributed by atoms with Gasteiger partial charge in [-0.2, -0.15) is 0 Å². The van der Waals surface area contributed by atoms with Gasteiger partial charge in [0.1, 0.15) is 0 Å². The summed E-state index contributed by atoms with van der Waals surface area (Å²) >= 11 is 0. The van der Waals surface area contributed by atoms with Gasteiger partial charge in [0.05, 0.1) is 18.8 Å². The van der Waals surface area contributed by atoms with Gasteiger partial charge in [0.25, 0.3) is 0 Å². The van der Waals surface area contributed by atoms with E-state index in [0.29, 0.717) is 18.1 Å². The summed E-state index contributed by atoms with van der Waals surface area (Å²) in [5.41, 5.74) is 0.